The van der Waals surface area contributed by atoms with Crippen LogP contribution >= 0.6 is 11.8 Å². The number of nitrogens with one attached hydrogen (secondary N) is 1. The maximum Gasteiger partial charge on any atom is 0.0721 e. The molecular weight excluding hydrogens is 278 g/mol. The van der Waals surface area contributed by atoms with Crippen molar-refractivity contribution < 1.29 is 0 Å². The number of rotatable bonds is 4. The third-order valence-electron chi connectivity index (χ3n) is 3.58. The molecule has 4 heteroatoms. The maximum atomic E-state index is 5.83. The van der Waals surface area contributed by atoms with Gasteiger partial charge in [-0.3, -0.25) is 10.8 Å². The minimum Gasteiger partial charge on any atom is -0.271 e. The van der Waals surface area contributed by atoms with Crippen LogP contribution in [0.2, 0.25) is 0 Å². The van der Waals surface area contributed by atoms with Crippen molar-refractivity contribution in [1.29, 1.82) is 0 Å². The number of hydrogen-bond donors (Lipinski definition) is 2. The van der Waals surface area contributed by atoms with E-state index in [0.29, 0.717) is 0 Å². The molecule has 0 aliphatic rings. The lowest BCUT2D eigenvalue weighted by molar-refractivity contribution is 0.628. The lowest BCUT2D eigenvalue weighted by Gasteiger charge is -2.20. The molecule has 0 saturated carbocycles. The zero-order valence-electron chi connectivity index (χ0n) is 11.8. The van der Waals surface area contributed by atoms with E-state index in [0.717, 1.165) is 16.5 Å². The molecule has 1 unspecified atom stereocenters. The van der Waals surface area contributed by atoms with Crippen molar-refractivity contribution >= 4 is 22.7 Å². The van der Waals surface area contributed by atoms with Crippen LogP contribution in [0.15, 0.2) is 65.7 Å². The van der Waals surface area contributed by atoms with E-state index < -0.39 is 0 Å². The van der Waals surface area contributed by atoms with Crippen molar-refractivity contribution in [3.63, 3.8) is 0 Å². The zero-order chi connectivity index (χ0) is 14.7. The Morgan fingerprint density at radius 1 is 1.10 bits per heavy atom. The number of fused-ring (bicyclic) bond motifs is 1. The molecule has 3 nitrogen and oxygen atoms in total. The van der Waals surface area contributed by atoms with Crippen LogP contribution in [0.4, 0.5) is 0 Å². The summed E-state index contributed by atoms with van der Waals surface area (Å²) in [6.45, 7) is 0. The first-order valence-corrected chi connectivity index (χ1v) is 7.99. The fraction of sp³-hybridized carbons (Fsp3) is 0.118. The normalized spacial score (nSPS) is 12.5. The van der Waals surface area contributed by atoms with Crippen molar-refractivity contribution in [2.75, 3.05) is 6.26 Å². The van der Waals surface area contributed by atoms with E-state index in [9.17, 15) is 0 Å². The summed E-state index contributed by atoms with van der Waals surface area (Å²) in [4.78, 5) is 5.59. The fourth-order valence-corrected chi connectivity index (χ4v) is 3.18. The maximum absolute atomic E-state index is 5.83. The quantitative estimate of drug-likeness (QED) is 0.439. The van der Waals surface area contributed by atoms with Crippen LogP contribution in [0, 0.1) is 0 Å². The van der Waals surface area contributed by atoms with Crippen molar-refractivity contribution in [2.24, 2.45) is 5.84 Å². The molecule has 0 aliphatic heterocycles. The summed E-state index contributed by atoms with van der Waals surface area (Å²) in [5, 5.41) is 1.12. The predicted molar refractivity (Wildman–Crippen MR) is 89.1 cm³/mol. The molecule has 21 heavy (non-hydrogen) atoms. The molecule has 2 aromatic carbocycles. The third kappa shape index (κ3) is 2.78. The first-order chi connectivity index (χ1) is 10.3. The molecule has 3 rings (SSSR count). The highest BCUT2D eigenvalue weighted by Crippen LogP contribution is 2.30. The number of thioether (sulfide) groups is 1. The van der Waals surface area contributed by atoms with Gasteiger partial charge in [-0.2, -0.15) is 0 Å². The molecule has 1 atom stereocenters. The Kier molecular flexibility index (Phi) is 4.20. The Bertz CT molecular complexity index is 758. The van der Waals surface area contributed by atoms with Gasteiger partial charge in [-0.15, -0.1) is 11.8 Å². The highest BCUT2D eigenvalue weighted by Gasteiger charge is 2.16. The summed E-state index contributed by atoms with van der Waals surface area (Å²) >= 11 is 1.73. The number of hydrogen-bond acceptors (Lipinski definition) is 4. The Morgan fingerprint density at radius 2 is 1.95 bits per heavy atom. The van der Waals surface area contributed by atoms with Crippen LogP contribution < -0.4 is 11.3 Å². The third-order valence-corrected chi connectivity index (χ3v) is 4.39. The van der Waals surface area contributed by atoms with Crippen LogP contribution in [0.25, 0.3) is 10.9 Å². The van der Waals surface area contributed by atoms with Crippen LogP contribution in [0.3, 0.4) is 0 Å². The summed E-state index contributed by atoms with van der Waals surface area (Å²) in [6, 6.07) is 18.6. The first kappa shape index (κ1) is 14.1. The van der Waals surface area contributed by atoms with E-state index in [-0.39, 0.29) is 6.04 Å². The minimum absolute atomic E-state index is 0.0294. The number of nitrogens with two attached hydrogens (primary N) is 1. The standard InChI is InChI=1S/C17H17N3S/c1-21-16-7-3-2-6-14(16)17(20-18)13-8-9-15-12(11-13)5-4-10-19-15/h2-11,17,20H,18H2,1H3. The van der Waals surface area contributed by atoms with Crippen molar-refractivity contribution in [1.82, 2.24) is 10.4 Å². The smallest absolute Gasteiger partial charge is 0.0721 e. The minimum atomic E-state index is -0.0294. The molecule has 106 valence electrons. The van der Waals surface area contributed by atoms with Gasteiger partial charge in [0.1, 0.15) is 0 Å². The number of hydrazine groups is 1. The molecule has 1 aromatic heterocycles. The van der Waals surface area contributed by atoms with E-state index in [1.165, 1.54) is 10.5 Å². The van der Waals surface area contributed by atoms with E-state index in [1.54, 1.807) is 11.8 Å². The Hall–Kier alpha value is -1.88. The molecule has 0 bridgehead atoms. The van der Waals surface area contributed by atoms with Crippen LogP contribution in [-0.2, 0) is 0 Å². The molecule has 3 N–H and O–H groups in total. The fourth-order valence-electron chi connectivity index (χ4n) is 2.54. The van der Waals surface area contributed by atoms with Gasteiger partial charge in [0, 0.05) is 16.5 Å². The van der Waals surface area contributed by atoms with Crippen LogP contribution in [-0.4, -0.2) is 11.2 Å². The average molecular weight is 295 g/mol. The highest BCUT2D eigenvalue weighted by atomic mass is 32.2. The van der Waals surface area contributed by atoms with Gasteiger partial charge in [0.2, 0.25) is 0 Å². The first-order valence-electron chi connectivity index (χ1n) is 6.77. The second kappa shape index (κ2) is 6.26. The summed E-state index contributed by atoms with van der Waals surface area (Å²) in [7, 11) is 0. The predicted octanol–water partition coefficient (Wildman–Crippen LogP) is 3.51. The Balaban J connectivity index is 2.09. The summed E-state index contributed by atoms with van der Waals surface area (Å²) in [5.74, 6) is 5.83. The second-order valence-electron chi connectivity index (χ2n) is 4.80. The van der Waals surface area contributed by atoms with E-state index in [4.69, 9.17) is 5.84 Å². The molecular formula is C17H17N3S. The molecule has 0 radical (unpaired) electrons. The van der Waals surface area contributed by atoms with Gasteiger partial charge in [-0.1, -0.05) is 30.3 Å². The van der Waals surface area contributed by atoms with Gasteiger partial charge in [0.05, 0.1) is 11.6 Å². The molecule has 3 aromatic rings. The largest absolute Gasteiger partial charge is 0.271 e. The average Bonchev–Trinajstić information content (AvgIpc) is 2.56. The topological polar surface area (TPSA) is 50.9 Å². The van der Waals surface area contributed by atoms with Crippen LogP contribution in [0.1, 0.15) is 17.2 Å². The van der Waals surface area contributed by atoms with Crippen LogP contribution in [0.5, 0.6) is 0 Å². The summed E-state index contributed by atoms with van der Waals surface area (Å²) < 4.78 is 0. The molecule has 0 amide bonds. The number of aromatic nitrogens is 1. The summed E-state index contributed by atoms with van der Waals surface area (Å²) in [6.07, 6.45) is 3.89. The van der Waals surface area contributed by atoms with Gasteiger partial charge in [0.15, 0.2) is 0 Å². The molecule has 0 saturated heterocycles. The summed E-state index contributed by atoms with van der Waals surface area (Å²) in [5.41, 5.74) is 6.26. The molecule has 0 spiro atoms. The highest BCUT2D eigenvalue weighted by molar-refractivity contribution is 7.98. The molecule has 0 aliphatic carbocycles. The van der Waals surface area contributed by atoms with Gasteiger partial charge < -0.3 is 0 Å². The Morgan fingerprint density at radius 3 is 2.76 bits per heavy atom. The lowest BCUT2D eigenvalue weighted by Crippen LogP contribution is -2.29. The number of pyridine rings is 1. The zero-order valence-corrected chi connectivity index (χ0v) is 12.6. The van der Waals surface area contributed by atoms with E-state index in [1.807, 2.05) is 30.5 Å². The molecule has 0 fully saturated rings. The lowest BCUT2D eigenvalue weighted by atomic mass is 9.98. The monoisotopic (exact) mass is 295 g/mol. The SMILES string of the molecule is CSc1ccccc1C(NN)c1ccc2ncccc2c1. The van der Waals surface area contributed by atoms with Gasteiger partial charge >= 0.3 is 0 Å². The van der Waals surface area contributed by atoms with Crippen molar-refractivity contribution in [3.05, 3.63) is 71.9 Å². The Labute approximate surface area is 128 Å². The van der Waals surface area contributed by atoms with Gasteiger partial charge in [0.25, 0.3) is 0 Å². The second-order valence-corrected chi connectivity index (χ2v) is 5.65. The number of benzene rings is 2. The van der Waals surface area contributed by atoms with E-state index >= 15 is 0 Å². The van der Waals surface area contributed by atoms with Crippen molar-refractivity contribution in [2.45, 2.75) is 10.9 Å². The van der Waals surface area contributed by atoms with Crippen molar-refractivity contribution in [3.8, 4) is 0 Å². The van der Waals surface area contributed by atoms with E-state index in [2.05, 4.69) is 47.0 Å². The number of nitrogens with zero attached hydrogens (tertiary/aromatic N) is 1. The molecule has 1 heterocycles. The van der Waals surface area contributed by atoms with Gasteiger partial charge in [-0.25, -0.2) is 5.43 Å². The van der Waals surface area contributed by atoms with Gasteiger partial charge in [-0.05, 0) is 41.6 Å².